The monoisotopic (exact) mass is 402 g/mol. The highest BCUT2D eigenvalue weighted by Crippen LogP contribution is 2.32. The molecule has 28 heavy (non-hydrogen) atoms. The molecule has 0 aliphatic carbocycles. The number of anilines is 1. The van der Waals surface area contributed by atoms with Crippen LogP contribution in [0.4, 0.5) is 5.69 Å². The van der Waals surface area contributed by atoms with Gasteiger partial charge in [-0.2, -0.15) is 0 Å². The van der Waals surface area contributed by atoms with Gasteiger partial charge in [-0.1, -0.05) is 13.8 Å². The van der Waals surface area contributed by atoms with Crippen LogP contribution in [0.3, 0.4) is 0 Å². The molecule has 1 heterocycles. The molecule has 0 atom stereocenters. The fourth-order valence-electron chi connectivity index (χ4n) is 3.19. The molecule has 0 bridgehead atoms. The van der Waals surface area contributed by atoms with Crippen LogP contribution in [0.25, 0.3) is 0 Å². The zero-order chi connectivity index (χ0) is 20.4. The average Bonchev–Trinajstić information content (AvgIpc) is 2.68. The number of benzene rings is 2. The second kappa shape index (κ2) is 7.83. The summed E-state index contributed by atoms with van der Waals surface area (Å²) in [6, 6.07) is 12.9. The Morgan fingerprint density at radius 2 is 1.57 bits per heavy atom. The van der Waals surface area contributed by atoms with Crippen LogP contribution in [0.1, 0.15) is 37.0 Å². The summed E-state index contributed by atoms with van der Waals surface area (Å²) in [6.45, 7) is 6.51. The summed E-state index contributed by atoms with van der Waals surface area (Å²) < 4.78 is 32.0. The van der Waals surface area contributed by atoms with Gasteiger partial charge in [0.25, 0.3) is 15.9 Å². The predicted octanol–water partition coefficient (Wildman–Crippen LogP) is 3.44. The SMILES string of the molecule is COc1ccc(S(=O)(=O)NC(=O)c2ccc(N3CCC(C)(C)CC3)cc2)cc1. The number of ether oxygens (including phenoxy) is 1. The Balaban J connectivity index is 1.67. The van der Waals surface area contributed by atoms with E-state index in [0.29, 0.717) is 16.7 Å². The van der Waals surface area contributed by atoms with Gasteiger partial charge >= 0.3 is 0 Å². The number of rotatable bonds is 5. The molecular weight excluding hydrogens is 376 g/mol. The van der Waals surface area contributed by atoms with E-state index >= 15 is 0 Å². The molecule has 1 amide bonds. The van der Waals surface area contributed by atoms with Crippen molar-refractivity contribution in [1.29, 1.82) is 0 Å². The van der Waals surface area contributed by atoms with Gasteiger partial charge in [0, 0.05) is 24.3 Å². The van der Waals surface area contributed by atoms with E-state index < -0.39 is 15.9 Å². The van der Waals surface area contributed by atoms with Crippen molar-refractivity contribution < 1.29 is 17.9 Å². The van der Waals surface area contributed by atoms with Crippen molar-refractivity contribution in [2.24, 2.45) is 5.41 Å². The van der Waals surface area contributed by atoms with Crippen molar-refractivity contribution in [1.82, 2.24) is 4.72 Å². The van der Waals surface area contributed by atoms with Crippen LogP contribution in [0, 0.1) is 5.41 Å². The zero-order valence-electron chi connectivity index (χ0n) is 16.4. The second-order valence-electron chi connectivity index (χ2n) is 7.81. The van der Waals surface area contributed by atoms with Gasteiger partial charge in [0.05, 0.1) is 12.0 Å². The highest BCUT2D eigenvalue weighted by molar-refractivity contribution is 7.90. The molecule has 3 rings (SSSR count). The average molecular weight is 403 g/mol. The van der Waals surface area contributed by atoms with E-state index in [1.54, 1.807) is 12.1 Å². The zero-order valence-corrected chi connectivity index (χ0v) is 17.3. The third-order valence-electron chi connectivity index (χ3n) is 5.21. The lowest BCUT2D eigenvalue weighted by Crippen LogP contribution is -2.37. The number of amides is 1. The fraction of sp³-hybridized carbons (Fsp3) is 0.381. The highest BCUT2D eigenvalue weighted by Gasteiger charge is 2.25. The molecule has 1 saturated heterocycles. The maximum absolute atomic E-state index is 12.4. The number of methoxy groups -OCH3 is 1. The molecular formula is C21H26N2O4S. The first-order chi connectivity index (χ1) is 13.2. The van der Waals surface area contributed by atoms with Crippen LogP contribution in [0.5, 0.6) is 5.75 Å². The molecule has 0 aromatic heterocycles. The Hall–Kier alpha value is -2.54. The van der Waals surface area contributed by atoms with Gasteiger partial charge < -0.3 is 9.64 Å². The van der Waals surface area contributed by atoms with E-state index in [-0.39, 0.29) is 4.90 Å². The van der Waals surface area contributed by atoms with Gasteiger partial charge in [0.1, 0.15) is 5.75 Å². The number of carbonyl (C=O) groups excluding carboxylic acids is 1. The quantitative estimate of drug-likeness (QED) is 0.829. The van der Waals surface area contributed by atoms with E-state index in [4.69, 9.17) is 4.74 Å². The third-order valence-corrected chi connectivity index (χ3v) is 6.56. The first kappa shape index (κ1) is 20.2. The Bertz CT molecular complexity index is 925. The minimum absolute atomic E-state index is 0.00852. The maximum atomic E-state index is 12.4. The van der Waals surface area contributed by atoms with Crippen molar-refractivity contribution in [2.75, 3.05) is 25.1 Å². The van der Waals surface area contributed by atoms with Gasteiger partial charge in [-0.15, -0.1) is 0 Å². The normalized spacial score (nSPS) is 16.5. The first-order valence-corrected chi connectivity index (χ1v) is 10.7. The molecule has 2 aromatic rings. The lowest BCUT2D eigenvalue weighted by Gasteiger charge is -2.38. The Morgan fingerprint density at radius 3 is 2.11 bits per heavy atom. The Morgan fingerprint density at radius 1 is 1.00 bits per heavy atom. The minimum Gasteiger partial charge on any atom is -0.497 e. The van der Waals surface area contributed by atoms with E-state index in [9.17, 15) is 13.2 Å². The van der Waals surface area contributed by atoms with Crippen LogP contribution >= 0.6 is 0 Å². The van der Waals surface area contributed by atoms with Crippen LogP contribution in [0.15, 0.2) is 53.4 Å². The lowest BCUT2D eigenvalue weighted by atomic mass is 9.82. The number of nitrogens with one attached hydrogen (secondary N) is 1. The summed E-state index contributed by atoms with van der Waals surface area (Å²) in [7, 11) is -2.44. The molecule has 1 N–H and O–H groups in total. The molecule has 6 nitrogen and oxygen atoms in total. The second-order valence-corrected chi connectivity index (χ2v) is 9.49. The topological polar surface area (TPSA) is 75.7 Å². The van der Waals surface area contributed by atoms with Crippen LogP contribution in [-0.2, 0) is 10.0 Å². The van der Waals surface area contributed by atoms with E-state index in [2.05, 4.69) is 23.5 Å². The van der Waals surface area contributed by atoms with Crippen LogP contribution < -0.4 is 14.4 Å². The standard InChI is InChI=1S/C21H26N2O4S/c1-21(2)12-14-23(15-13-21)17-6-4-16(5-7-17)20(24)22-28(25,26)19-10-8-18(27-3)9-11-19/h4-11H,12-15H2,1-3H3,(H,22,24). The molecule has 0 unspecified atom stereocenters. The van der Waals surface area contributed by atoms with E-state index in [1.807, 2.05) is 12.1 Å². The Labute approximate surface area is 166 Å². The fourth-order valence-corrected chi connectivity index (χ4v) is 4.16. The molecule has 0 radical (unpaired) electrons. The molecule has 7 heteroatoms. The number of sulfonamides is 1. The first-order valence-electron chi connectivity index (χ1n) is 9.26. The maximum Gasteiger partial charge on any atom is 0.264 e. The van der Waals surface area contributed by atoms with Crippen LogP contribution in [0.2, 0.25) is 0 Å². The lowest BCUT2D eigenvalue weighted by molar-refractivity contribution is 0.0981. The summed E-state index contributed by atoms with van der Waals surface area (Å²) in [5.41, 5.74) is 1.72. The summed E-state index contributed by atoms with van der Waals surface area (Å²) in [6.07, 6.45) is 2.24. The number of nitrogens with zero attached hydrogens (tertiary/aromatic N) is 1. The number of carbonyl (C=O) groups is 1. The molecule has 2 aromatic carbocycles. The summed E-state index contributed by atoms with van der Waals surface area (Å²) in [4.78, 5) is 14.7. The van der Waals surface area contributed by atoms with Gasteiger partial charge in [-0.3, -0.25) is 4.79 Å². The summed E-state index contributed by atoms with van der Waals surface area (Å²) >= 11 is 0. The van der Waals surface area contributed by atoms with Gasteiger partial charge in [0.15, 0.2) is 0 Å². The number of hydrogen-bond acceptors (Lipinski definition) is 5. The van der Waals surface area contributed by atoms with Crippen molar-refractivity contribution in [2.45, 2.75) is 31.6 Å². The third kappa shape index (κ3) is 4.65. The van der Waals surface area contributed by atoms with Gasteiger partial charge in [-0.05, 0) is 66.8 Å². The molecule has 1 fully saturated rings. The van der Waals surface area contributed by atoms with Crippen molar-refractivity contribution in [3.8, 4) is 5.75 Å². The smallest absolute Gasteiger partial charge is 0.264 e. The Kier molecular flexibility index (Phi) is 5.65. The highest BCUT2D eigenvalue weighted by atomic mass is 32.2. The van der Waals surface area contributed by atoms with Crippen molar-refractivity contribution in [3.05, 3.63) is 54.1 Å². The molecule has 1 aliphatic rings. The van der Waals surface area contributed by atoms with Crippen molar-refractivity contribution >= 4 is 21.6 Å². The molecule has 1 aliphatic heterocycles. The van der Waals surface area contributed by atoms with Gasteiger partial charge in [0.2, 0.25) is 0 Å². The molecule has 0 spiro atoms. The summed E-state index contributed by atoms with van der Waals surface area (Å²) in [5.74, 6) is -0.107. The van der Waals surface area contributed by atoms with Crippen LogP contribution in [-0.4, -0.2) is 34.5 Å². The largest absolute Gasteiger partial charge is 0.497 e. The predicted molar refractivity (Wildman–Crippen MR) is 109 cm³/mol. The van der Waals surface area contributed by atoms with Crippen molar-refractivity contribution in [3.63, 3.8) is 0 Å². The summed E-state index contributed by atoms with van der Waals surface area (Å²) in [5, 5.41) is 0. The molecule has 150 valence electrons. The minimum atomic E-state index is -3.94. The molecule has 0 saturated carbocycles. The number of piperidine rings is 1. The van der Waals surface area contributed by atoms with E-state index in [0.717, 1.165) is 31.6 Å². The number of hydrogen-bond donors (Lipinski definition) is 1. The van der Waals surface area contributed by atoms with E-state index in [1.165, 1.54) is 31.4 Å². The van der Waals surface area contributed by atoms with Gasteiger partial charge in [-0.25, -0.2) is 13.1 Å².